The molecule has 0 aliphatic rings. The van der Waals surface area contributed by atoms with Crippen molar-refractivity contribution in [3.05, 3.63) is 58.7 Å². The van der Waals surface area contributed by atoms with Gasteiger partial charge in [0.15, 0.2) is 0 Å². The van der Waals surface area contributed by atoms with Gasteiger partial charge < -0.3 is 5.32 Å². The molecule has 0 fully saturated rings. The van der Waals surface area contributed by atoms with Crippen LogP contribution in [0, 0.1) is 27.7 Å². The highest BCUT2D eigenvalue weighted by molar-refractivity contribution is 7.99. The predicted molar refractivity (Wildman–Crippen MR) is 104 cm³/mol. The van der Waals surface area contributed by atoms with E-state index in [4.69, 9.17) is 0 Å². The Morgan fingerprint density at radius 1 is 1.04 bits per heavy atom. The molecule has 0 bridgehead atoms. The number of aromatic nitrogens is 4. The smallest absolute Gasteiger partial charge is 0.234 e. The molecule has 3 rings (SSSR count). The Kier molecular flexibility index (Phi) is 5.37. The maximum absolute atomic E-state index is 12.4. The van der Waals surface area contributed by atoms with Gasteiger partial charge in [-0.2, -0.15) is 4.68 Å². The van der Waals surface area contributed by atoms with Crippen LogP contribution in [0.1, 0.15) is 22.3 Å². The van der Waals surface area contributed by atoms with E-state index in [0.717, 1.165) is 22.5 Å². The molecular formula is C19H21N5OS. The quantitative estimate of drug-likeness (QED) is 0.697. The lowest BCUT2D eigenvalue weighted by atomic mass is 10.1. The molecule has 3 aromatic rings. The first kappa shape index (κ1) is 18.1. The normalized spacial score (nSPS) is 10.8. The molecule has 0 saturated carbocycles. The van der Waals surface area contributed by atoms with Crippen LogP contribution in [0.15, 0.2) is 41.6 Å². The number of hydrogen-bond donors (Lipinski definition) is 1. The van der Waals surface area contributed by atoms with Crippen molar-refractivity contribution in [2.24, 2.45) is 0 Å². The van der Waals surface area contributed by atoms with Crippen molar-refractivity contribution in [3.63, 3.8) is 0 Å². The van der Waals surface area contributed by atoms with Gasteiger partial charge in [0.1, 0.15) is 0 Å². The van der Waals surface area contributed by atoms with Crippen molar-refractivity contribution in [1.82, 2.24) is 20.2 Å². The number of anilines is 1. The van der Waals surface area contributed by atoms with Crippen LogP contribution in [-0.2, 0) is 4.79 Å². The number of aryl methyl sites for hydroxylation is 4. The third-order valence-corrected chi connectivity index (χ3v) is 4.91. The maximum Gasteiger partial charge on any atom is 0.234 e. The zero-order chi connectivity index (χ0) is 18.7. The van der Waals surface area contributed by atoms with E-state index in [1.54, 1.807) is 4.68 Å². The number of nitrogens with one attached hydrogen (secondary N) is 1. The van der Waals surface area contributed by atoms with Crippen molar-refractivity contribution in [3.8, 4) is 5.69 Å². The zero-order valence-corrected chi connectivity index (χ0v) is 16.1. The summed E-state index contributed by atoms with van der Waals surface area (Å²) < 4.78 is 1.64. The highest BCUT2D eigenvalue weighted by atomic mass is 32.2. The minimum Gasteiger partial charge on any atom is -0.325 e. The fourth-order valence-electron chi connectivity index (χ4n) is 2.80. The average Bonchev–Trinajstić information content (AvgIpc) is 3.05. The SMILES string of the molecule is Cc1ccc(-n2nnnc2SCC(=O)Nc2c(C)cc(C)cc2C)cc1. The second-order valence-electron chi connectivity index (χ2n) is 6.32. The molecule has 0 spiro atoms. The molecule has 1 amide bonds. The molecule has 0 aliphatic heterocycles. The number of benzene rings is 2. The van der Waals surface area contributed by atoms with Crippen LogP contribution >= 0.6 is 11.8 Å². The molecule has 26 heavy (non-hydrogen) atoms. The Labute approximate surface area is 157 Å². The Bertz CT molecular complexity index is 910. The van der Waals surface area contributed by atoms with Crippen LogP contribution in [0.5, 0.6) is 0 Å². The van der Waals surface area contributed by atoms with Crippen LogP contribution in [-0.4, -0.2) is 31.9 Å². The van der Waals surface area contributed by atoms with E-state index in [2.05, 4.69) is 33.0 Å². The van der Waals surface area contributed by atoms with Crippen LogP contribution < -0.4 is 5.32 Å². The lowest BCUT2D eigenvalue weighted by Crippen LogP contribution is -2.16. The van der Waals surface area contributed by atoms with E-state index < -0.39 is 0 Å². The van der Waals surface area contributed by atoms with Crippen LogP contribution in [0.2, 0.25) is 0 Å². The fourth-order valence-corrected chi connectivity index (χ4v) is 3.49. The first-order valence-electron chi connectivity index (χ1n) is 8.30. The summed E-state index contributed by atoms with van der Waals surface area (Å²) in [5.74, 6) is 0.155. The van der Waals surface area contributed by atoms with E-state index in [9.17, 15) is 4.79 Å². The molecular weight excluding hydrogens is 346 g/mol. The minimum absolute atomic E-state index is 0.0801. The Morgan fingerprint density at radius 3 is 2.35 bits per heavy atom. The van der Waals surface area contributed by atoms with Gasteiger partial charge in [0.05, 0.1) is 11.4 Å². The largest absolute Gasteiger partial charge is 0.325 e. The van der Waals surface area contributed by atoms with Gasteiger partial charge in [0.2, 0.25) is 11.1 Å². The van der Waals surface area contributed by atoms with Crippen LogP contribution in [0.25, 0.3) is 5.69 Å². The van der Waals surface area contributed by atoms with Gasteiger partial charge in [-0.3, -0.25) is 4.79 Å². The number of thioether (sulfide) groups is 1. The summed E-state index contributed by atoms with van der Waals surface area (Å²) in [6, 6.07) is 12.0. The van der Waals surface area contributed by atoms with Gasteiger partial charge in [-0.1, -0.05) is 47.2 Å². The van der Waals surface area contributed by atoms with Gasteiger partial charge in [-0.25, -0.2) is 0 Å². The van der Waals surface area contributed by atoms with Gasteiger partial charge in [0, 0.05) is 5.69 Å². The Hall–Kier alpha value is -2.67. The summed E-state index contributed by atoms with van der Waals surface area (Å²) in [7, 11) is 0. The van der Waals surface area contributed by atoms with Crippen LogP contribution in [0.3, 0.4) is 0 Å². The van der Waals surface area contributed by atoms with Gasteiger partial charge in [-0.15, -0.1) is 5.10 Å². The van der Waals surface area contributed by atoms with E-state index in [1.807, 2.05) is 52.0 Å². The van der Waals surface area contributed by atoms with Gasteiger partial charge >= 0.3 is 0 Å². The predicted octanol–water partition coefficient (Wildman–Crippen LogP) is 3.63. The third-order valence-electron chi connectivity index (χ3n) is 3.99. The molecule has 1 N–H and O–H groups in total. The minimum atomic E-state index is -0.0801. The molecule has 1 aromatic heterocycles. The van der Waals surface area contributed by atoms with E-state index in [1.165, 1.54) is 22.9 Å². The van der Waals surface area contributed by atoms with E-state index in [0.29, 0.717) is 5.16 Å². The molecule has 1 heterocycles. The molecule has 0 atom stereocenters. The molecule has 0 aliphatic carbocycles. The van der Waals surface area contributed by atoms with Crippen molar-refractivity contribution >= 4 is 23.4 Å². The van der Waals surface area contributed by atoms with Crippen LogP contribution in [0.4, 0.5) is 5.69 Å². The number of rotatable bonds is 5. The van der Waals surface area contributed by atoms with Gasteiger partial charge in [0.25, 0.3) is 0 Å². The van der Waals surface area contributed by atoms with Crippen molar-refractivity contribution < 1.29 is 4.79 Å². The maximum atomic E-state index is 12.4. The number of carbonyl (C=O) groups excluding carboxylic acids is 1. The summed E-state index contributed by atoms with van der Waals surface area (Å²) >= 11 is 1.31. The van der Waals surface area contributed by atoms with Crippen molar-refractivity contribution in [2.75, 3.05) is 11.1 Å². The molecule has 7 heteroatoms. The topological polar surface area (TPSA) is 72.7 Å². The molecule has 6 nitrogen and oxygen atoms in total. The number of amides is 1. The lowest BCUT2D eigenvalue weighted by Gasteiger charge is -2.12. The molecule has 0 saturated heterocycles. The zero-order valence-electron chi connectivity index (χ0n) is 15.3. The average molecular weight is 367 g/mol. The number of carbonyl (C=O) groups is 1. The summed E-state index contributed by atoms with van der Waals surface area (Å²) in [5, 5.41) is 15.4. The lowest BCUT2D eigenvalue weighted by molar-refractivity contribution is -0.113. The monoisotopic (exact) mass is 367 g/mol. The number of nitrogens with zero attached hydrogens (tertiary/aromatic N) is 4. The highest BCUT2D eigenvalue weighted by Crippen LogP contribution is 2.23. The highest BCUT2D eigenvalue weighted by Gasteiger charge is 2.13. The summed E-state index contributed by atoms with van der Waals surface area (Å²) in [5.41, 5.74) is 6.22. The molecule has 134 valence electrons. The molecule has 2 aromatic carbocycles. The van der Waals surface area contributed by atoms with Crippen molar-refractivity contribution in [1.29, 1.82) is 0 Å². The first-order valence-corrected chi connectivity index (χ1v) is 9.28. The summed E-state index contributed by atoms with van der Waals surface area (Å²) in [6.45, 7) is 8.08. The Balaban J connectivity index is 1.68. The summed E-state index contributed by atoms with van der Waals surface area (Å²) in [6.07, 6.45) is 0. The third kappa shape index (κ3) is 4.11. The van der Waals surface area contributed by atoms with E-state index in [-0.39, 0.29) is 11.7 Å². The first-order chi connectivity index (χ1) is 12.4. The standard InChI is InChI=1S/C19H21N5OS/c1-12-5-7-16(8-6-12)24-19(21-22-23-24)26-11-17(25)20-18-14(3)9-13(2)10-15(18)4/h5-10H,11H2,1-4H3,(H,20,25). The molecule has 0 radical (unpaired) electrons. The van der Waals surface area contributed by atoms with E-state index >= 15 is 0 Å². The molecule has 0 unspecified atom stereocenters. The van der Waals surface area contributed by atoms with Gasteiger partial charge in [-0.05, 0) is 61.4 Å². The Morgan fingerprint density at radius 2 is 1.69 bits per heavy atom. The summed E-state index contributed by atoms with van der Waals surface area (Å²) in [4.78, 5) is 12.4. The fraction of sp³-hybridized carbons (Fsp3) is 0.263. The number of hydrogen-bond acceptors (Lipinski definition) is 5. The second-order valence-corrected chi connectivity index (χ2v) is 7.26. The number of tetrazole rings is 1. The second kappa shape index (κ2) is 7.70. The van der Waals surface area contributed by atoms with Crippen molar-refractivity contribution in [2.45, 2.75) is 32.9 Å².